The number of hydrogen-bond donors (Lipinski definition) is 0. The van der Waals surface area contributed by atoms with E-state index in [0.29, 0.717) is 0 Å². The van der Waals surface area contributed by atoms with Gasteiger partial charge in [-0.3, -0.25) is 9.59 Å². The van der Waals surface area contributed by atoms with Gasteiger partial charge in [-0.05, 0) is 26.0 Å². The summed E-state index contributed by atoms with van der Waals surface area (Å²) < 4.78 is 10.7. The topological polar surface area (TPSA) is 72.9 Å². The zero-order chi connectivity index (χ0) is 17.3. The molecule has 2 amide bonds. The molecule has 6 nitrogen and oxygen atoms in total. The molecule has 124 valence electrons. The predicted molar refractivity (Wildman–Crippen MR) is 84.3 cm³/mol. The van der Waals surface area contributed by atoms with Crippen molar-refractivity contribution in [2.24, 2.45) is 11.8 Å². The summed E-state index contributed by atoms with van der Waals surface area (Å²) in [6, 6.07) is 6.48. The van der Waals surface area contributed by atoms with Gasteiger partial charge >= 0.3 is 5.97 Å². The average Bonchev–Trinajstić information content (AvgIpc) is 3.11. The zero-order valence-electron chi connectivity index (χ0n) is 13.6. The highest BCUT2D eigenvalue weighted by atomic mass is 16.5. The molecule has 6 heteroatoms. The minimum atomic E-state index is -0.791. The van der Waals surface area contributed by atoms with E-state index in [2.05, 4.69) is 0 Å². The number of nitrogens with zero attached hydrogens (tertiary/aromatic N) is 1. The molecule has 2 bridgehead atoms. The van der Waals surface area contributed by atoms with Crippen molar-refractivity contribution in [2.75, 3.05) is 12.0 Å². The van der Waals surface area contributed by atoms with E-state index in [9.17, 15) is 14.4 Å². The highest BCUT2D eigenvalue weighted by Crippen LogP contribution is 2.57. The van der Waals surface area contributed by atoms with Crippen LogP contribution >= 0.6 is 0 Å². The van der Waals surface area contributed by atoms with Gasteiger partial charge in [0, 0.05) is 0 Å². The van der Waals surface area contributed by atoms with Gasteiger partial charge in [0.15, 0.2) is 0 Å². The summed E-state index contributed by atoms with van der Waals surface area (Å²) in [6.07, 6.45) is 3.71. The summed E-state index contributed by atoms with van der Waals surface area (Å²) >= 11 is 0. The van der Waals surface area contributed by atoms with Crippen LogP contribution in [0.1, 0.15) is 24.2 Å². The SMILES string of the molecule is COC(=O)c1ccccc1N1C(=O)[C@@H]2[C@@H](C1=O)[C@@]1(C)C=C[C@@]2(C)O1. The number of para-hydroxylation sites is 1. The first kappa shape index (κ1) is 15.1. The molecule has 2 saturated heterocycles. The Morgan fingerprint density at radius 2 is 1.62 bits per heavy atom. The van der Waals surface area contributed by atoms with Gasteiger partial charge < -0.3 is 9.47 Å². The first-order chi connectivity index (χ1) is 11.3. The number of esters is 1. The van der Waals surface area contributed by atoms with E-state index in [1.165, 1.54) is 7.11 Å². The fraction of sp³-hybridized carbons (Fsp3) is 0.389. The number of anilines is 1. The standard InChI is InChI=1S/C18H17NO5/c1-17-8-9-18(2,24-17)13-12(17)14(20)19(15(13)21)11-7-5-4-6-10(11)16(22)23-3/h4-9,12-13H,1-3H3/t12-,13-,17+,18+/m0/s1. The van der Waals surface area contributed by atoms with Gasteiger partial charge in [0.2, 0.25) is 11.8 Å². The van der Waals surface area contributed by atoms with Gasteiger partial charge in [-0.15, -0.1) is 0 Å². The maximum atomic E-state index is 13.0. The fourth-order valence-electron chi connectivity index (χ4n) is 4.22. The minimum absolute atomic E-state index is 0.193. The smallest absolute Gasteiger partial charge is 0.339 e. The van der Waals surface area contributed by atoms with Crippen LogP contribution in [0.2, 0.25) is 0 Å². The predicted octanol–water partition coefficient (Wildman–Crippen LogP) is 1.70. The third-order valence-corrected chi connectivity index (χ3v) is 5.28. The maximum absolute atomic E-state index is 13.0. The van der Waals surface area contributed by atoms with Crippen molar-refractivity contribution in [3.8, 4) is 0 Å². The fourth-order valence-corrected chi connectivity index (χ4v) is 4.22. The second kappa shape index (κ2) is 4.54. The number of amides is 2. The van der Waals surface area contributed by atoms with Crippen molar-refractivity contribution in [3.63, 3.8) is 0 Å². The van der Waals surface area contributed by atoms with Gasteiger partial charge in [-0.25, -0.2) is 9.69 Å². The average molecular weight is 327 g/mol. The lowest BCUT2D eigenvalue weighted by Crippen LogP contribution is -2.40. The highest BCUT2D eigenvalue weighted by molar-refractivity contribution is 6.25. The third kappa shape index (κ3) is 1.66. The summed E-state index contributed by atoms with van der Waals surface area (Å²) in [7, 11) is 1.27. The summed E-state index contributed by atoms with van der Waals surface area (Å²) in [5.74, 6) is -2.41. The van der Waals surface area contributed by atoms with Crippen LogP contribution in [-0.4, -0.2) is 36.1 Å². The van der Waals surface area contributed by atoms with Crippen LogP contribution in [-0.2, 0) is 19.1 Å². The molecule has 0 saturated carbocycles. The van der Waals surface area contributed by atoms with Crippen LogP contribution in [0.15, 0.2) is 36.4 Å². The molecular weight excluding hydrogens is 310 g/mol. The lowest BCUT2D eigenvalue weighted by atomic mass is 9.73. The molecule has 4 atom stereocenters. The normalized spacial score (nSPS) is 36.4. The highest BCUT2D eigenvalue weighted by Gasteiger charge is 2.70. The van der Waals surface area contributed by atoms with Crippen LogP contribution in [0, 0.1) is 11.8 Å². The number of carbonyl (C=O) groups is 3. The third-order valence-electron chi connectivity index (χ3n) is 5.28. The number of imide groups is 1. The van der Waals surface area contributed by atoms with E-state index < -0.39 is 29.0 Å². The molecule has 1 aromatic carbocycles. The van der Waals surface area contributed by atoms with Gasteiger partial charge in [-0.1, -0.05) is 24.3 Å². The molecule has 2 fully saturated rings. The summed E-state index contributed by atoms with van der Waals surface area (Å²) in [6.45, 7) is 3.64. The van der Waals surface area contributed by atoms with E-state index in [4.69, 9.17) is 9.47 Å². The summed E-state index contributed by atoms with van der Waals surface area (Å²) in [5.41, 5.74) is -1.12. The Kier molecular flexibility index (Phi) is 2.85. The number of benzene rings is 1. The molecule has 3 aliphatic rings. The Hall–Kier alpha value is -2.47. The Morgan fingerprint density at radius 1 is 1.08 bits per heavy atom. The van der Waals surface area contributed by atoms with Crippen molar-refractivity contribution in [1.82, 2.24) is 0 Å². The van der Waals surface area contributed by atoms with Gasteiger partial charge in [0.1, 0.15) is 0 Å². The van der Waals surface area contributed by atoms with E-state index in [-0.39, 0.29) is 23.1 Å². The number of carbonyl (C=O) groups excluding carboxylic acids is 3. The molecule has 0 aromatic heterocycles. The molecule has 0 spiro atoms. The van der Waals surface area contributed by atoms with Crippen LogP contribution in [0.4, 0.5) is 5.69 Å². The van der Waals surface area contributed by atoms with Crippen molar-refractivity contribution < 1.29 is 23.9 Å². The van der Waals surface area contributed by atoms with Crippen LogP contribution in [0.3, 0.4) is 0 Å². The number of fused-ring (bicyclic) bond motifs is 5. The van der Waals surface area contributed by atoms with Crippen molar-refractivity contribution in [2.45, 2.75) is 25.0 Å². The molecule has 3 heterocycles. The maximum Gasteiger partial charge on any atom is 0.339 e. The first-order valence-electron chi connectivity index (χ1n) is 7.78. The molecule has 24 heavy (non-hydrogen) atoms. The number of rotatable bonds is 2. The van der Waals surface area contributed by atoms with Gasteiger partial charge in [0.25, 0.3) is 0 Å². The molecule has 0 N–H and O–H groups in total. The largest absolute Gasteiger partial charge is 0.465 e. The van der Waals surface area contributed by atoms with Crippen molar-refractivity contribution in [1.29, 1.82) is 0 Å². The molecular formula is C18H17NO5. The van der Waals surface area contributed by atoms with Gasteiger partial charge in [-0.2, -0.15) is 0 Å². The monoisotopic (exact) mass is 327 g/mol. The lowest BCUT2D eigenvalue weighted by molar-refractivity contribution is -0.128. The van der Waals surface area contributed by atoms with Crippen LogP contribution in [0.5, 0.6) is 0 Å². The quantitative estimate of drug-likeness (QED) is 0.470. The van der Waals surface area contributed by atoms with Crippen LogP contribution in [0.25, 0.3) is 0 Å². The van der Waals surface area contributed by atoms with Gasteiger partial charge in [0.05, 0.1) is 41.4 Å². The van der Waals surface area contributed by atoms with E-state index in [1.807, 2.05) is 26.0 Å². The summed E-state index contributed by atoms with van der Waals surface area (Å²) in [5, 5.41) is 0. The van der Waals surface area contributed by atoms with E-state index in [0.717, 1.165) is 4.90 Å². The second-order valence-electron chi connectivity index (χ2n) is 6.78. The van der Waals surface area contributed by atoms with Crippen LogP contribution < -0.4 is 4.90 Å². The lowest BCUT2D eigenvalue weighted by Gasteiger charge is -2.26. The number of ether oxygens (including phenoxy) is 2. The molecule has 1 aromatic rings. The molecule has 4 rings (SSSR count). The van der Waals surface area contributed by atoms with E-state index >= 15 is 0 Å². The molecule has 3 aliphatic heterocycles. The molecule has 0 unspecified atom stereocenters. The van der Waals surface area contributed by atoms with Crippen molar-refractivity contribution in [3.05, 3.63) is 42.0 Å². The Labute approximate surface area is 139 Å². The summed E-state index contributed by atoms with van der Waals surface area (Å²) in [4.78, 5) is 39.2. The zero-order valence-corrected chi connectivity index (χ0v) is 13.6. The Bertz CT molecular complexity index is 779. The molecule has 0 aliphatic carbocycles. The minimum Gasteiger partial charge on any atom is -0.465 e. The number of methoxy groups -OCH3 is 1. The van der Waals surface area contributed by atoms with Crippen molar-refractivity contribution >= 4 is 23.5 Å². The van der Waals surface area contributed by atoms with E-state index in [1.54, 1.807) is 24.3 Å². The first-order valence-corrected chi connectivity index (χ1v) is 7.78. The Morgan fingerprint density at radius 3 is 2.17 bits per heavy atom. The number of hydrogen-bond acceptors (Lipinski definition) is 5. The Balaban J connectivity index is 1.83. The molecule has 0 radical (unpaired) electrons. The second-order valence-corrected chi connectivity index (χ2v) is 6.78.